The molecule has 2 aromatic rings. The molecule has 0 aromatic heterocycles. The molecule has 0 atom stereocenters. The van der Waals surface area contributed by atoms with Crippen molar-refractivity contribution in [2.24, 2.45) is 0 Å². The van der Waals surface area contributed by atoms with Crippen molar-refractivity contribution in [3.05, 3.63) is 59.2 Å². The van der Waals surface area contributed by atoms with E-state index in [1.54, 1.807) is 0 Å². The van der Waals surface area contributed by atoms with E-state index in [1.165, 1.54) is 73.6 Å². The normalized spacial score (nSPS) is 15.0. The van der Waals surface area contributed by atoms with E-state index in [2.05, 4.69) is 55.5 Å². The first kappa shape index (κ1) is 17.7. The highest BCUT2D eigenvalue weighted by Gasteiger charge is 2.24. The lowest BCUT2D eigenvalue weighted by Gasteiger charge is -2.28. The van der Waals surface area contributed by atoms with Crippen LogP contribution in [-0.4, -0.2) is 0 Å². The van der Waals surface area contributed by atoms with Gasteiger partial charge in [0.1, 0.15) is 0 Å². The van der Waals surface area contributed by atoms with Crippen LogP contribution < -0.4 is 0 Å². The molecule has 0 bridgehead atoms. The van der Waals surface area contributed by atoms with Gasteiger partial charge in [0.05, 0.1) is 11.6 Å². The van der Waals surface area contributed by atoms with Crippen molar-refractivity contribution in [1.29, 1.82) is 5.26 Å². The van der Waals surface area contributed by atoms with Crippen LogP contribution in [0.3, 0.4) is 0 Å². The molecule has 1 aliphatic rings. The van der Waals surface area contributed by atoms with Crippen LogP contribution >= 0.6 is 0 Å². The van der Waals surface area contributed by atoms with Crippen molar-refractivity contribution in [2.75, 3.05) is 0 Å². The van der Waals surface area contributed by atoms with Crippen LogP contribution in [-0.2, 0) is 6.42 Å². The Labute approximate surface area is 152 Å². The summed E-state index contributed by atoms with van der Waals surface area (Å²) in [6, 6.07) is 17.5. The molecule has 1 saturated carbocycles. The van der Waals surface area contributed by atoms with Crippen LogP contribution in [0.5, 0.6) is 0 Å². The Bertz CT molecular complexity index is 718. The lowest BCUT2D eigenvalue weighted by atomic mass is 9.76. The van der Waals surface area contributed by atoms with E-state index in [0.29, 0.717) is 5.92 Å². The smallest absolute Gasteiger partial charge is 0.0994 e. The zero-order valence-corrected chi connectivity index (χ0v) is 15.4. The second-order valence-electron chi connectivity index (χ2n) is 7.32. The summed E-state index contributed by atoms with van der Waals surface area (Å²) in [4.78, 5) is 0. The zero-order valence-electron chi connectivity index (χ0n) is 15.4. The monoisotopic (exact) mass is 331 g/mol. The molecule has 0 N–H and O–H groups in total. The van der Waals surface area contributed by atoms with E-state index in [9.17, 15) is 5.26 Å². The highest BCUT2D eigenvalue weighted by Crippen LogP contribution is 2.41. The maximum Gasteiger partial charge on any atom is 0.0994 e. The molecule has 2 aromatic carbocycles. The van der Waals surface area contributed by atoms with Crippen molar-refractivity contribution in [3.63, 3.8) is 0 Å². The first-order chi connectivity index (χ1) is 12.3. The van der Waals surface area contributed by atoms with Gasteiger partial charge in [-0.3, -0.25) is 0 Å². The summed E-state index contributed by atoms with van der Waals surface area (Å²) >= 11 is 0. The minimum Gasteiger partial charge on any atom is -0.192 e. The van der Waals surface area contributed by atoms with Crippen LogP contribution in [0.15, 0.2) is 42.5 Å². The fourth-order valence-corrected chi connectivity index (χ4v) is 4.32. The van der Waals surface area contributed by atoms with Gasteiger partial charge in [0, 0.05) is 0 Å². The number of rotatable bonds is 6. The van der Waals surface area contributed by atoms with Crippen molar-refractivity contribution in [1.82, 2.24) is 0 Å². The molecule has 1 heteroatoms. The topological polar surface area (TPSA) is 23.8 Å². The highest BCUT2D eigenvalue weighted by atomic mass is 14.3. The van der Waals surface area contributed by atoms with Crippen LogP contribution in [0.25, 0.3) is 11.1 Å². The Balaban J connectivity index is 2.10. The summed E-state index contributed by atoms with van der Waals surface area (Å²) in [5.41, 5.74) is 6.38. The maximum atomic E-state index is 9.71. The van der Waals surface area contributed by atoms with E-state index < -0.39 is 0 Å². The van der Waals surface area contributed by atoms with Crippen LogP contribution in [0.4, 0.5) is 0 Å². The summed E-state index contributed by atoms with van der Waals surface area (Å²) in [5.74, 6) is 0.619. The molecule has 0 amide bonds. The Kier molecular flexibility index (Phi) is 6.29. The van der Waals surface area contributed by atoms with Crippen LogP contribution in [0.1, 0.15) is 80.9 Å². The number of nitriles is 1. The number of benzene rings is 2. The fraction of sp³-hybridized carbons (Fsp3) is 0.458. The summed E-state index contributed by atoms with van der Waals surface area (Å²) in [6.45, 7) is 2.24. The van der Waals surface area contributed by atoms with E-state index in [1.807, 2.05) is 0 Å². The van der Waals surface area contributed by atoms with E-state index >= 15 is 0 Å². The molecule has 0 spiro atoms. The summed E-state index contributed by atoms with van der Waals surface area (Å²) in [6.07, 6.45) is 11.2. The third kappa shape index (κ3) is 4.13. The van der Waals surface area contributed by atoms with Crippen LogP contribution in [0, 0.1) is 11.3 Å². The average molecular weight is 332 g/mol. The average Bonchev–Trinajstić information content (AvgIpc) is 2.69. The largest absolute Gasteiger partial charge is 0.192 e. The van der Waals surface area contributed by atoms with Gasteiger partial charge >= 0.3 is 0 Å². The standard InChI is InChI=1S/C24H29N/c1-2-3-6-15-22-21(18-25)16-17-23(19-11-7-4-8-12-19)24(22)20-13-9-5-10-14-20/h4,7-8,11-12,16-17,20H,2-3,5-6,9-10,13-15H2,1H3. The van der Waals surface area contributed by atoms with Gasteiger partial charge in [-0.25, -0.2) is 0 Å². The lowest BCUT2D eigenvalue weighted by Crippen LogP contribution is -2.11. The van der Waals surface area contributed by atoms with Gasteiger partial charge in [0.15, 0.2) is 0 Å². The quantitative estimate of drug-likeness (QED) is 0.522. The van der Waals surface area contributed by atoms with Crippen molar-refractivity contribution in [3.8, 4) is 17.2 Å². The third-order valence-electron chi connectivity index (χ3n) is 5.61. The molecule has 25 heavy (non-hydrogen) atoms. The van der Waals surface area contributed by atoms with Crippen molar-refractivity contribution >= 4 is 0 Å². The summed E-state index contributed by atoms with van der Waals surface area (Å²) in [7, 11) is 0. The van der Waals surface area contributed by atoms with Gasteiger partial charge in [0.2, 0.25) is 0 Å². The number of nitrogens with zero attached hydrogens (tertiary/aromatic N) is 1. The molecule has 1 nitrogen and oxygen atoms in total. The van der Waals surface area contributed by atoms with Crippen molar-refractivity contribution in [2.45, 2.75) is 70.6 Å². The molecule has 0 saturated heterocycles. The molecule has 0 heterocycles. The molecule has 130 valence electrons. The van der Waals surface area contributed by atoms with Gasteiger partial charge in [0.25, 0.3) is 0 Å². The van der Waals surface area contributed by atoms with Gasteiger partial charge in [-0.1, -0.05) is 75.4 Å². The first-order valence-electron chi connectivity index (χ1n) is 9.96. The Morgan fingerprint density at radius 3 is 2.40 bits per heavy atom. The number of hydrogen-bond acceptors (Lipinski definition) is 1. The van der Waals surface area contributed by atoms with Gasteiger partial charge in [-0.05, 0) is 59.9 Å². The number of unbranched alkanes of at least 4 members (excludes halogenated alkanes) is 2. The first-order valence-corrected chi connectivity index (χ1v) is 9.96. The van der Waals surface area contributed by atoms with Gasteiger partial charge < -0.3 is 0 Å². The Hall–Kier alpha value is -2.07. The molecule has 3 rings (SSSR count). The predicted molar refractivity (Wildman–Crippen MR) is 106 cm³/mol. The minimum absolute atomic E-state index is 0.619. The third-order valence-corrected chi connectivity index (χ3v) is 5.61. The van der Waals surface area contributed by atoms with E-state index in [4.69, 9.17) is 0 Å². The second-order valence-corrected chi connectivity index (χ2v) is 7.32. The molecule has 0 radical (unpaired) electrons. The summed E-state index contributed by atoms with van der Waals surface area (Å²) < 4.78 is 0. The zero-order chi connectivity index (χ0) is 17.5. The Morgan fingerprint density at radius 1 is 0.960 bits per heavy atom. The molecule has 1 aliphatic carbocycles. The highest BCUT2D eigenvalue weighted by molar-refractivity contribution is 5.71. The fourth-order valence-electron chi connectivity index (χ4n) is 4.32. The maximum absolute atomic E-state index is 9.71. The van der Waals surface area contributed by atoms with Gasteiger partial charge in [-0.2, -0.15) is 5.26 Å². The van der Waals surface area contributed by atoms with Gasteiger partial charge in [-0.15, -0.1) is 0 Å². The summed E-state index contributed by atoms with van der Waals surface area (Å²) in [5, 5.41) is 9.71. The molecule has 0 unspecified atom stereocenters. The molecule has 1 fully saturated rings. The van der Waals surface area contributed by atoms with Crippen molar-refractivity contribution < 1.29 is 0 Å². The molecular weight excluding hydrogens is 302 g/mol. The van der Waals surface area contributed by atoms with E-state index in [0.717, 1.165) is 12.0 Å². The Morgan fingerprint density at radius 2 is 1.72 bits per heavy atom. The lowest BCUT2D eigenvalue weighted by molar-refractivity contribution is 0.441. The second kappa shape index (κ2) is 8.86. The minimum atomic E-state index is 0.619. The molecular formula is C24H29N. The molecule has 0 aliphatic heterocycles. The predicted octanol–water partition coefficient (Wildman–Crippen LogP) is 7.01. The van der Waals surface area contributed by atoms with E-state index in [-0.39, 0.29) is 0 Å². The SMILES string of the molecule is CCCCCc1c(C#N)ccc(-c2ccccc2)c1C1CCCCC1. The van der Waals surface area contributed by atoms with Crippen LogP contribution in [0.2, 0.25) is 0 Å². The number of hydrogen-bond donors (Lipinski definition) is 0.